The fourth-order valence-electron chi connectivity index (χ4n) is 3.17. The summed E-state index contributed by atoms with van der Waals surface area (Å²) in [7, 11) is 4.56. The number of hydrogen-bond acceptors (Lipinski definition) is 5. The summed E-state index contributed by atoms with van der Waals surface area (Å²) in [6.07, 6.45) is 1.93. The largest absolute Gasteiger partial charge is 0.383 e. The summed E-state index contributed by atoms with van der Waals surface area (Å²) < 4.78 is 9.21. The van der Waals surface area contributed by atoms with E-state index in [4.69, 9.17) is 4.74 Å². The van der Waals surface area contributed by atoms with Gasteiger partial charge in [-0.05, 0) is 24.5 Å². The Morgan fingerprint density at radius 1 is 1.18 bits per heavy atom. The topological polar surface area (TPSA) is 87.3 Å². The number of amides is 1. The average molecular weight is 402 g/mol. The number of nitrogens with one attached hydrogen (secondary N) is 1. The Kier molecular flexibility index (Phi) is 5.76. The molecule has 0 saturated carbocycles. The van der Waals surface area contributed by atoms with Crippen molar-refractivity contribution in [2.45, 2.75) is 11.4 Å². The number of nitrogens with zero attached hydrogens (tertiary/aromatic N) is 3. The number of carbonyl (C=O) groups is 1. The van der Waals surface area contributed by atoms with Crippen molar-refractivity contribution in [3.8, 4) is 0 Å². The zero-order valence-electron chi connectivity index (χ0n) is 16.2. The second kappa shape index (κ2) is 8.07. The van der Waals surface area contributed by atoms with E-state index in [1.54, 1.807) is 18.7 Å². The van der Waals surface area contributed by atoms with E-state index in [2.05, 4.69) is 5.32 Å². The maximum Gasteiger partial charge on any atom is 0.332 e. The third-order valence-corrected chi connectivity index (χ3v) is 5.40. The lowest BCUT2D eigenvalue weighted by molar-refractivity contribution is 0.101. The van der Waals surface area contributed by atoms with Gasteiger partial charge in [-0.15, -0.1) is 11.8 Å². The molecule has 0 aliphatic carbocycles. The van der Waals surface area contributed by atoms with Gasteiger partial charge < -0.3 is 14.6 Å². The molecule has 0 atom stereocenters. The lowest BCUT2D eigenvalue weighted by atomic mass is 10.3. The highest BCUT2D eigenvalue weighted by molar-refractivity contribution is 7.98. The van der Waals surface area contributed by atoms with E-state index in [9.17, 15) is 14.4 Å². The lowest BCUT2D eigenvalue weighted by Crippen LogP contribution is -2.37. The molecule has 1 aromatic carbocycles. The molecule has 0 saturated heterocycles. The van der Waals surface area contributed by atoms with Crippen molar-refractivity contribution in [1.29, 1.82) is 0 Å². The van der Waals surface area contributed by atoms with Crippen molar-refractivity contribution in [2.75, 3.05) is 25.3 Å². The molecule has 0 aliphatic heterocycles. The van der Waals surface area contributed by atoms with Crippen molar-refractivity contribution in [3.05, 3.63) is 56.9 Å². The van der Waals surface area contributed by atoms with Crippen LogP contribution in [0.3, 0.4) is 0 Å². The summed E-state index contributed by atoms with van der Waals surface area (Å²) in [6, 6.07) is 9.01. The number of aryl methyl sites for hydroxylation is 1. The molecular weight excluding hydrogens is 380 g/mol. The molecule has 0 fully saturated rings. The smallest absolute Gasteiger partial charge is 0.332 e. The predicted molar refractivity (Wildman–Crippen MR) is 110 cm³/mol. The Balaban J connectivity index is 2.18. The summed E-state index contributed by atoms with van der Waals surface area (Å²) >= 11 is 1.52. The van der Waals surface area contributed by atoms with Gasteiger partial charge >= 0.3 is 5.69 Å². The van der Waals surface area contributed by atoms with Crippen molar-refractivity contribution in [1.82, 2.24) is 13.7 Å². The van der Waals surface area contributed by atoms with Gasteiger partial charge in [0.1, 0.15) is 11.3 Å². The minimum atomic E-state index is -0.450. The number of aromatic nitrogens is 3. The van der Waals surface area contributed by atoms with Crippen molar-refractivity contribution in [3.63, 3.8) is 0 Å². The van der Waals surface area contributed by atoms with Crippen LogP contribution in [0.2, 0.25) is 0 Å². The van der Waals surface area contributed by atoms with Crippen LogP contribution in [-0.2, 0) is 25.4 Å². The Hall–Kier alpha value is -2.78. The second-order valence-electron chi connectivity index (χ2n) is 6.27. The molecule has 3 rings (SSSR count). The van der Waals surface area contributed by atoms with Crippen LogP contribution in [-0.4, -0.2) is 39.6 Å². The quantitative estimate of drug-likeness (QED) is 0.634. The van der Waals surface area contributed by atoms with Gasteiger partial charge in [0.05, 0.1) is 17.7 Å². The molecule has 1 N–H and O–H groups in total. The van der Waals surface area contributed by atoms with Crippen LogP contribution in [0.5, 0.6) is 0 Å². The van der Waals surface area contributed by atoms with Crippen LogP contribution in [0, 0.1) is 0 Å². The van der Waals surface area contributed by atoms with Gasteiger partial charge in [-0.2, -0.15) is 0 Å². The minimum absolute atomic E-state index is 0.293. The van der Waals surface area contributed by atoms with E-state index in [0.29, 0.717) is 35.6 Å². The molecular formula is C19H22N4O4S. The molecule has 3 aromatic rings. The first kappa shape index (κ1) is 20.0. The molecule has 2 aromatic heterocycles. The molecule has 0 spiro atoms. The van der Waals surface area contributed by atoms with Crippen LogP contribution >= 0.6 is 11.8 Å². The van der Waals surface area contributed by atoms with Gasteiger partial charge in [-0.1, -0.05) is 12.1 Å². The molecule has 0 aliphatic rings. The standard InChI is InChI=1S/C19H22N4O4S/c1-21-17-12(18(25)22(2)19(21)26)11-14(23(17)9-10-27-3)16(24)20-13-7-5-6-8-15(13)28-4/h5-8,11H,9-10H2,1-4H3,(H,20,24). The number of rotatable bonds is 6. The molecule has 8 nitrogen and oxygen atoms in total. The van der Waals surface area contributed by atoms with E-state index in [1.807, 2.05) is 30.5 Å². The molecule has 2 heterocycles. The summed E-state index contributed by atoms with van der Waals surface area (Å²) in [4.78, 5) is 38.9. The minimum Gasteiger partial charge on any atom is -0.383 e. The average Bonchev–Trinajstić information content (AvgIpc) is 3.09. The summed E-state index contributed by atoms with van der Waals surface area (Å²) in [6.45, 7) is 0.655. The number of para-hydroxylation sites is 1. The number of anilines is 1. The van der Waals surface area contributed by atoms with Gasteiger partial charge in [0.15, 0.2) is 0 Å². The van der Waals surface area contributed by atoms with Gasteiger partial charge in [0, 0.05) is 32.6 Å². The number of fused-ring (bicyclic) bond motifs is 1. The van der Waals surface area contributed by atoms with Crippen LogP contribution < -0.4 is 16.6 Å². The Morgan fingerprint density at radius 3 is 2.57 bits per heavy atom. The third kappa shape index (κ3) is 3.38. The zero-order valence-corrected chi connectivity index (χ0v) is 17.0. The number of thioether (sulfide) groups is 1. The molecule has 0 bridgehead atoms. The van der Waals surface area contributed by atoms with Crippen molar-refractivity contribution in [2.24, 2.45) is 14.1 Å². The molecule has 28 heavy (non-hydrogen) atoms. The van der Waals surface area contributed by atoms with E-state index in [-0.39, 0.29) is 5.91 Å². The Morgan fingerprint density at radius 2 is 1.89 bits per heavy atom. The lowest BCUT2D eigenvalue weighted by Gasteiger charge is -2.13. The Bertz CT molecular complexity index is 1160. The highest BCUT2D eigenvalue weighted by Crippen LogP contribution is 2.25. The van der Waals surface area contributed by atoms with Crippen molar-refractivity contribution < 1.29 is 9.53 Å². The zero-order chi connectivity index (χ0) is 20.4. The number of methoxy groups -OCH3 is 1. The van der Waals surface area contributed by atoms with Gasteiger partial charge in [0.25, 0.3) is 11.5 Å². The number of carbonyl (C=O) groups excluding carboxylic acids is 1. The Labute approximate surface area is 165 Å². The van der Waals surface area contributed by atoms with Crippen LogP contribution in [0.4, 0.5) is 5.69 Å². The van der Waals surface area contributed by atoms with Gasteiger partial charge in [-0.3, -0.25) is 18.7 Å². The highest BCUT2D eigenvalue weighted by atomic mass is 32.2. The van der Waals surface area contributed by atoms with Crippen LogP contribution in [0.1, 0.15) is 10.5 Å². The second-order valence-corrected chi connectivity index (χ2v) is 7.12. The maximum absolute atomic E-state index is 13.1. The first-order valence-corrected chi connectivity index (χ1v) is 9.85. The van der Waals surface area contributed by atoms with E-state index in [1.165, 1.54) is 29.4 Å². The van der Waals surface area contributed by atoms with Gasteiger partial charge in [-0.25, -0.2) is 4.79 Å². The highest BCUT2D eigenvalue weighted by Gasteiger charge is 2.21. The van der Waals surface area contributed by atoms with E-state index >= 15 is 0 Å². The van der Waals surface area contributed by atoms with Crippen molar-refractivity contribution >= 4 is 34.4 Å². The van der Waals surface area contributed by atoms with E-state index in [0.717, 1.165) is 9.46 Å². The normalized spacial score (nSPS) is 11.1. The first-order valence-electron chi connectivity index (χ1n) is 8.63. The number of hydrogen-bond donors (Lipinski definition) is 1. The molecule has 1 amide bonds. The fourth-order valence-corrected chi connectivity index (χ4v) is 3.73. The fraction of sp³-hybridized carbons (Fsp3) is 0.316. The molecule has 0 unspecified atom stereocenters. The summed E-state index contributed by atoms with van der Waals surface area (Å²) in [5.74, 6) is -0.358. The maximum atomic E-state index is 13.1. The first-order chi connectivity index (χ1) is 13.4. The third-order valence-electron chi connectivity index (χ3n) is 4.60. The summed E-state index contributed by atoms with van der Waals surface area (Å²) in [5.41, 5.74) is 0.488. The number of benzene rings is 1. The van der Waals surface area contributed by atoms with E-state index < -0.39 is 11.2 Å². The predicted octanol–water partition coefficient (Wildman–Crippen LogP) is 1.66. The van der Waals surface area contributed by atoms with Crippen LogP contribution in [0.25, 0.3) is 11.0 Å². The molecule has 148 valence electrons. The number of ether oxygens (including phenoxy) is 1. The van der Waals surface area contributed by atoms with Gasteiger partial charge in [0.2, 0.25) is 0 Å². The SMILES string of the molecule is COCCn1c(C(=O)Nc2ccccc2SC)cc2c(=O)n(C)c(=O)n(C)c21. The molecule has 0 radical (unpaired) electrons. The van der Waals surface area contributed by atoms with Crippen LogP contribution in [0.15, 0.2) is 44.8 Å². The molecule has 9 heteroatoms. The summed E-state index contributed by atoms with van der Waals surface area (Å²) in [5, 5.41) is 3.22. The monoisotopic (exact) mass is 402 g/mol.